The molecule has 0 fully saturated rings. The second kappa shape index (κ2) is 4.57. The summed E-state index contributed by atoms with van der Waals surface area (Å²) in [5.74, 6) is -1.09. The number of benzene rings is 1. The number of nitrogens with one attached hydrogen (secondary N) is 3. The monoisotopic (exact) mass is 273 g/mol. The van der Waals surface area contributed by atoms with Crippen LogP contribution in [0.25, 0.3) is 10.9 Å². The summed E-state index contributed by atoms with van der Waals surface area (Å²) in [5, 5.41) is 8.49. The van der Waals surface area contributed by atoms with Gasteiger partial charge in [0, 0.05) is 11.6 Å². The summed E-state index contributed by atoms with van der Waals surface area (Å²) in [6, 6.07) is 4.08. The van der Waals surface area contributed by atoms with E-state index in [4.69, 9.17) is 0 Å². The summed E-state index contributed by atoms with van der Waals surface area (Å²) < 4.78 is 13.5. The number of carbonyl (C=O) groups excluding carboxylic acids is 1. The van der Waals surface area contributed by atoms with Crippen molar-refractivity contribution in [3.8, 4) is 0 Å². The Bertz CT molecular complexity index is 841. The summed E-state index contributed by atoms with van der Waals surface area (Å²) in [6.07, 6.45) is 2.38. The van der Waals surface area contributed by atoms with Gasteiger partial charge in [0.2, 0.25) is 11.4 Å². The molecule has 8 heteroatoms. The number of para-hydroxylation sites is 1. The van der Waals surface area contributed by atoms with Crippen molar-refractivity contribution in [3.05, 3.63) is 52.3 Å². The maximum atomic E-state index is 13.5. The van der Waals surface area contributed by atoms with E-state index in [-0.39, 0.29) is 22.4 Å². The first-order valence-corrected chi connectivity index (χ1v) is 5.63. The van der Waals surface area contributed by atoms with Crippen LogP contribution < -0.4 is 10.7 Å². The third-order valence-corrected chi connectivity index (χ3v) is 2.76. The Morgan fingerprint density at radius 1 is 1.35 bits per heavy atom. The molecule has 2 heterocycles. The number of pyridine rings is 1. The number of hydrogen-bond donors (Lipinski definition) is 3. The van der Waals surface area contributed by atoms with Gasteiger partial charge in [0.25, 0.3) is 5.91 Å². The Hall–Kier alpha value is -3.03. The van der Waals surface area contributed by atoms with Crippen LogP contribution in [0.4, 0.5) is 10.3 Å². The number of aromatic amines is 2. The van der Waals surface area contributed by atoms with E-state index in [9.17, 15) is 14.0 Å². The molecule has 100 valence electrons. The quantitative estimate of drug-likeness (QED) is 0.648. The first-order chi connectivity index (χ1) is 9.66. The number of hydrogen-bond acceptors (Lipinski definition) is 4. The van der Waals surface area contributed by atoms with Crippen molar-refractivity contribution < 1.29 is 9.18 Å². The summed E-state index contributed by atoms with van der Waals surface area (Å²) in [4.78, 5) is 30.4. The Morgan fingerprint density at radius 3 is 2.95 bits per heavy atom. The molecule has 0 aliphatic rings. The van der Waals surface area contributed by atoms with Gasteiger partial charge in [-0.1, -0.05) is 6.07 Å². The molecular weight excluding hydrogens is 265 g/mol. The van der Waals surface area contributed by atoms with Gasteiger partial charge >= 0.3 is 0 Å². The molecule has 1 aromatic carbocycles. The smallest absolute Gasteiger partial charge is 0.263 e. The summed E-state index contributed by atoms with van der Waals surface area (Å²) in [5.41, 5.74) is -0.636. The van der Waals surface area contributed by atoms with Gasteiger partial charge in [0.05, 0.1) is 5.52 Å². The van der Waals surface area contributed by atoms with E-state index in [0.29, 0.717) is 0 Å². The van der Waals surface area contributed by atoms with E-state index in [1.807, 2.05) is 0 Å². The number of H-pyrrole nitrogens is 2. The van der Waals surface area contributed by atoms with Gasteiger partial charge < -0.3 is 4.98 Å². The van der Waals surface area contributed by atoms with Crippen molar-refractivity contribution in [1.29, 1.82) is 0 Å². The van der Waals surface area contributed by atoms with Crippen molar-refractivity contribution in [2.75, 3.05) is 5.32 Å². The fraction of sp³-hybridized carbons (Fsp3) is 0. The van der Waals surface area contributed by atoms with Gasteiger partial charge in [-0.2, -0.15) is 10.1 Å². The molecule has 0 atom stereocenters. The van der Waals surface area contributed by atoms with Gasteiger partial charge in [-0.15, -0.1) is 0 Å². The largest absolute Gasteiger partial charge is 0.358 e. The minimum absolute atomic E-state index is 0.0636. The van der Waals surface area contributed by atoms with Crippen molar-refractivity contribution in [2.24, 2.45) is 0 Å². The number of amides is 1. The Morgan fingerprint density at radius 2 is 2.20 bits per heavy atom. The molecular formula is C12H8FN5O2. The van der Waals surface area contributed by atoms with Crippen molar-refractivity contribution >= 4 is 22.8 Å². The SMILES string of the molecule is O=C(Nc1ncn[nH]1)c1c[nH]c2c(F)cccc2c1=O. The van der Waals surface area contributed by atoms with Gasteiger partial charge in [0.1, 0.15) is 17.7 Å². The first kappa shape index (κ1) is 12.0. The Balaban J connectivity index is 2.07. The lowest BCUT2D eigenvalue weighted by atomic mass is 10.1. The van der Waals surface area contributed by atoms with Crippen LogP contribution in [0.15, 0.2) is 35.5 Å². The third-order valence-electron chi connectivity index (χ3n) is 2.76. The lowest BCUT2D eigenvalue weighted by molar-refractivity contribution is 0.102. The number of nitrogens with zero attached hydrogens (tertiary/aromatic N) is 2. The highest BCUT2D eigenvalue weighted by Gasteiger charge is 2.15. The van der Waals surface area contributed by atoms with Crippen LogP contribution >= 0.6 is 0 Å². The number of halogens is 1. The van der Waals surface area contributed by atoms with Crippen LogP contribution in [-0.2, 0) is 0 Å². The van der Waals surface area contributed by atoms with Crippen molar-refractivity contribution in [2.45, 2.75) is 0 Å². The van der Waals surface area contributed by atoms with Gasteiger partial charge in [-0.25, -0.2) is 9.49 Å². The van der Waals surface area contributed by atoms with Crippen LogP contribution in [0, 0.1) is 5.82 Å². The molecule has 1 amide bonds. The zero-order valence-corrected chi connectivity index (χ0v) is 9.98. The van der Waals surface area contributed by atoms with E-state index < -0.39 is 17.2 Å². The molecule has 0 unspecified atom stereocenters. The highest BCUT2D eigenvalue weighted by Crippen LogP contribution is 2.12. The lowest BCUT2D eigenvalue weighted by Gasteiger charge is -2.03. The minimum atomic E-state index is -0.658. The molecule has 20 heavy (non-hydrogen) atoms. The molecule has 0 radical (unpaired) electrons. The fourth-order valence-corrected chi connectivity index (χ4v) is 1.82. The maximum absolute atomic E-state index is 13.5. The second-order valence-corrected chi connectivity index (χ2v) is 3.98. The van der Waals surface area contributed by atoms with Crippen molar-refractivity contribution in [1.82, 2.24) is 20.2 Å². The normalized spacial score (nSPS) is 10.7. The topological polar surface area (TPSA) is 104 Å². The predicted molar refractivity (Wildman–Crippen MR) is 68.9 cm³/mol. The fourth-order valence-electron chi connectivity index (χ4n) is 1.82. The Labute approximate surface area is 110 Å². The lowest BCUT2D eigenvalue weighted by Crippen LogP contribution is -2.22. The first-order valence-electron chi connectivity index (χ1n) is 5.63. The summed E-state index contributed by atoms with van der Waals surface area (Å²) in [6.45, 7) is 0. The minimum Gasteiger partial charge on any atom is -0.358 e. The average Bonchev–Trinajstić information content (AvgIpc) is 2.93. The van der Waals surface area contributed by atoms with Crippen LogP contribution in [0.2, 0.25) is 0 Å². The standard InChI is InChI=1S/C12H8FN5O2/c13-8-3-1-2-6-9(8)14-4-7(10(6)19)11(20)17-12-15-5-16-18-12/h1-5H,(H,14,19)(H2,15,16,17,18,20). The van der Waals surface area contributed by atoms with E-state index in [1.165, 1.54) is 30.7 Å². The number of carbonyl (C=O) groups is 1. The molecule has 3 rings (SSSR count). The molecule has 7 nitrogen and oxygen atoms in total. The third kappa shape index (κ3) is 1.92. The van der Waals surface area contributed by atoms with Gasteiger partial charge in [-0.3, -0.25) is 14.9 Å². The van der Waals surface area contributed by atoms with E-state index in [0.717, 1.165) is 0 Å². The average molecular weight is 273 g/mol. The Kier molecular flexibility index (Phi) is 2.75. The zero-order valence-electron chi connectivity index (χ0n) is 9.98. The molecule has 3 N–H and O–H groups in total. The van der Waals surface area contributed by atoms with Crippen LogP contribution in [0.3, 0.4) is 0 Å². The van der Waals surface area contributed by atoms with E-state index in [2.05, 4.69) is 25.5 Å². The molecule has 0 saturated carbocycles. The van der Waals surface area contributed by atoms with E-state index >= 15 is 0 Å². The highest BCUT2D eigenvalue weighted by molar-refractivity contribution is 6.04. The van der Waals surface area contributed by atoms with Gasteiger partial charge in [-0.05, 0) is 12.1 Å². The summed E-state index contributed by atoms with van der Waals surface area (Å²) in [7, 11) is 0. The number of anilines is 1. The predicted octanol–water partition coefficient (Wildman–Crippen LogP) is 1.04. The van der Waals surface area contributed by atoms with Gasteiger partial charge in [0.15, 0.2) is 0 Å². The highest BCUT2D eigenvalue weighted by atomic mass is 19.1. The molecule has 0 spiro atoms. The molecule has 0 aliphatic heterocycles. The van der Waals surface area contributed by atoms with Crippen LogP contribution in [-0.4, -0.2) is 26.1 Å². The number of rotatable bonds is 2. The maximum Gasteiger partial charge on any atom is 0.263 e. The van der Waals surface area contributed by atoms with E-state index in [1.54, 1.807) is 0 Å². The molecule has 0 saturated heterocycles. The molecule has 3 aromatic rings. The number of aromatic nitrogens is 4. The molecule has 2 aromatic heterocycles. The zero-order chi connectivity index (χ0) is 14.1. The van der Waals surface area contributed by atoms with Crippen LogP contribution in [0.1, 0.15) is 10.4 Å². The number of fused-ring (bicyclic) bond motifs is 1. The summed E-state index contributed by atoms with van der Waals surface area (Å²) >= 11 is 0. The molecule has 0 bridgehead atoms. The van der Waals surface area contributed by atoms with Crippen LogP contribution in [0.5, 0.6) is 0 Å². The van der Waals surface area contributed by atoms with Crippen molar-refractivity contribution in [3.63, 3.8) is 0 Å². The second-order valence-electron chi connectivity index (χ2n) is 3.98. The molecule has 0 aliphatic carbocycles.